The van der Waals surface area contributed by atoms with Gasteiger partial charge in [-0.25, -0.2) is 8.42 Å². The fourth-order valence-corrected chi connectivity index (χ4v) is 4.79. The van der Waals surface area contributed by atoms with E-state index < -0.39 is 9.84 Å². The van der Waals surface area contributed by atoms with Gasteiger partial charge >= 0.3 is 0 Å². The first-order valence-corrected chi connectivity index (χ1v) is 10.8. The molecule has 1 aliphatic heterocycles. The quantitative estimate of drug-likeness (QED) is 0.656. The Kier molecular flexibility index (Phi) is 5.13. The van der Waals surface area contributed by atoms with Crippen LogP contribution in [0, 0.1) is 5.41 Å². The van der Waals surface area contributed by atoms with Crippen molar-refractivity contribution in [2.45, 2.75) is 32.1 Å². The summed E-state index contributed by atoms with van der Waals surface area (Å²) in [6, 6.07) is 10.1. The Hall–Kier alpha value is -1.56. The normalized spacial score (nSPS) is 20.7. The van der Waals surface area contributed by atoms with Gasteiger partial charge in [0, 0.05) is 37.0 Å². The van der Waals surface area contributed by atoms with Crippen LogP contribution in [0.5, 0.6) is 0 Å². The molecule has 0 amide bonds. The Bertz CT molecular complexity index is 675. The van der Waals surface area contributed by atoms with Crippen LogP contribution >= 0.6 is 0 Å². The topological polar surface area (TPSA) is 61.8 Å². The number of likely N-dealkylation sites (tertiary alicyclic amines) is 1. The number of sulfone groups is 1. The third kappa shape index (κ3) is 4.97. The van der Waals surface area contributed by atoms with Crippen LogP contribution in [0.3, 0.4) is 0 Å². The number of nitrogens with zero attached hydrogens (tertiary/aromatic N) is 2. The highest BCUT2D eigenvalue weighted by Crippen LogP contribution is 2.47. The number of aliphatic imine (C=N–C) groups is 1. The number of hydrogen-bond donors (Lipinski definition) is 1. The van der Waals surface area contributed by atoms with E-state index in [1.165, 1.54) is 25.5 Å². The molecule has 0 atom stereocenters. The van der Waals surface area contributed by atoms with Crippen molar-refractivity contribution in [3.63, 3.8) is 0 Å². The molecule has 0 spiro atoms. The fourth-order valence-electron chi connectivity index (χ4n) is 3.30. The third-order valence-corrected chi connectivity index (χ3v) is 5.91. The average molecular weight is 350 g/mol. The van der Waals surface area contributed by atoms with Gasteiger partial charge in [-0.2, -0.15) is 0 Å². The molecule has 3 rings (SSSR count). The first-order valence-electron chi connectivity index (χ1n) is 8.75. The van der Waals surface area contributed by atoms with Crippen molar-refractivity contribution in [3.05, 3.63) is 30.3 Å². The molecular weight excluding hydrogens is 322 g/mol. The van der Waals surface area contributed by atoms with Crippen molar-refractivity contribution in [1.82, 2.24) is 4.90 Å². The molecule has 1 heterocycles. The highest BCUT2D eigenvalue weighted by molar-refractivity contribution is 7.90. The third-order valence-electron chi connectivity index (χ3n) is 4.78. The van der Waals surface area contributed by atoms with Crippen LogP contribution in [0.2, 0.25) is 0 Å². The van der Waals surface area contributed by atoms with Gasteiger partial charge in [0.2, 0.25) is 0 Å². The van der Waals surface area contributed by atoms with Crippen molar-refractivity contribution in [2.75, 3.05) is 37.0 Å². The Labute approximate surface area is 145 Å². The van der Waals surface area contributed by atoms with Crippen LogP contribution in [0.4, 0.5) is 5.69 Å². The van der Waals surface area contributed by atoms with E-state index in [1.54, 1.807) is 0 Å². The zero-order valence-electron chi connectivity index (χ0n) is 14.4. The second-order valence-electron chi connectivity index (χ2n) is 7.25. The first kappa shape index (κ1) is 17.3. The van der Waals surface area contributed by atoms with E-state index in [0.717, 1.165) is 37.6 Å². The summed E-state index contributed by atoms with van der Waals surface area (Å²) in [5.74, 6) is 1.14. The summed E-state index contributed by atoms with van der Waals surface area (Å²) in [5.41, 5.74) is 0.891. The number of anilines is 1. The summed E-state index contributed by atoms with van der Waals surface area (Å²) in [6.45, 7) is 2.61. The Morgan fingerprint density at radius 1 is 1.17 bits per heavy atom. The van der Waals surface area contributed by atoms with Gasteiger partial charge < -0.3 is 10.2 Å². The Balaban J connectivity index is 1.73. The summed E-state index contributed by atoms with van der Waals surface area (Å²) < 4.78 is 23.3. The van der Waals surface area contributed by atoms with E-state index in [9.17, 15) is 8.42 Å². The highest BCUT2D eigenvalue weighted by atomic mass is 32.2. The zero-order valence-corrected chi connectivity index (χ0v) is 15.2. The lowest BCUT2D eigenvalue weighted by atomic mass is 10.1. The van der Waals surface area contributed by atoms with Crippen LogP contribution in [0.15, 0.2) is 35.3 Å². The van der Waals surface area contributed by atoms with Crippen molar-refractivity contribution in [3.8, 4) is 0 Å². The van der Waals surface area contributed by atoms with Gasteiger partial charge in [-0.3, -0.25) is 4.99 Å². The smallest absolute Gasteiger partial charge is 0.198 e. The van der Waals surface area contributed by atoms with Crippen molar-refractivity contribution >= 4 is 21.5 Å². The summed E-state index contributed by atoms with van der Waals surface area (Å²) in [4.78, 5) is 7.13. The van der Waals surface area contributed by atoms with Crippen LogP contribution in [0.25, 0.3) is 0 Å². The Morgan fingerprint density at radius 3 is 2.42 bits per heavy atom. The number of piperidine rings is 1. The molecule has 1 N–H and O–H groups in total. The van der Waals surface area contributed by atoms with Gasteiger partial charge in [0.25, 0.3) is 0 Å². The maximum absolute atomic E-state index is 11.6. The number of nitrogens with one attached hydrogen (secondary N) is 1. The molecule has 132 valence electrons. The van der Waals surface area contributed by atoms with Crippen molar-refractivity contribution in [1.29, 1.82) is 0 Å². The molecule has 0 bridgehead atoms. The number of guanidine groups is 1. The first-order chi connectivity index (χ1) is 11.5. The molecule has 24 heavy (non-hydrogen) atoms. The van der Waals surface area contributed by atoms with Gasteiger partial charge in [0.05, 0.1) is 5.75 Å². The van der Waals surface area contributed by atoms with Gasteiger partial charge in [0.15, 0.2) is 5.96 Å². The predicted octanol–water partition coefficient (Wildman–Crippen LogP) is 2.77. The minimum atomic E-state index is -2.95. The van der Waals surface area contributed by atoms with Gasteiger partial charge in [-0.05, 0) is 44.2 Å². The molecule has 1 aliphatic carbocycles. The van der Waals surface area contributed by atoms with E-state index in [2.05, 4.69) is 10.2 Å². The number of para-hydroxylation sites is 1. The van der Waals surface area contributed by atoms with Crippen molar-refractivity contribution < 1.29 is 8.42 Å². The SMILES string of the molecule is CS(=O)(=O)CC1(CN=C(Nc2ccccc2)N2CCCCC2)CC1. The lowest BCUT2D eigenvalue weighted by molar-refractivity contribution is 0.339. The average Bonchev–Trinajstić information content (AvgIpc) is 3.31. The van der Waals surface area contributed by atoms with Crippen LogP contribution in [0.1, 0.15) is 32.1 Å². The summed E-state index contributed by atoms with van der Waals surface area (Å²) in [7, 11) is -2.95. The summed E-state index contributed by atoms with van der Waals surface area (Å²) >= 11 is 0. The van der Waals surface area contributed by atoms with E-state index in [1.807, 2.05) is 30.3 Å². The van der Waals surface area contributed by atoms with E-state index in [-0.39, 0.29) is 11.2 Å². The van der Waals surface area contributed by atoms with Crippen LogP contribution in [-0.4, -0.2) is 50.9 Å². The number of hydrogen-bond acceptors (Lipinski definition) is 3. The maximum atomic E-state index is 11.6. The van der Waals surface area contributed by atoms with E-state index >= 15 is 0 Å². The van der Waals surface area contributed by atoms with Gasteiger partial charge in [-0.1, -0.05) is 18.2 Å². The molecule has 1 aromatic rings. The summed E-state index contributed by atoms with van der Waals surface area (Å²) in [5, 5.41) is 3.44. The maximum Gasteiger partial charge on any atom is 0.198 e. The molecule has 0 radical (unpaired) electrons. The largest absolute Gasteiger partial charge is 0.343 e. The monoisotopic (exact) mass is 349 g/mol. The van der Waals surface area contributed by atoms with E-state index in [0.29, 0.717) is 6.54 Å². The fraction of sp³-hybridized carbons (Fsp3) is 0.611. The molecule has 0 aromatic heterocycles. The predicted molar refractivity (Wildman–Crippen MR) is 99.2 cm³/mol. The molecule has 0 unspecified atom stereocenters. The second kappa shape index (κ2) is 7.13. The zero-order chi connectivity index (χ0) is 17.0. The van der Waals surface area contributed by atoms with Gasteiger partial charge in [0.1, 0.15) is 9.84 Å². The second-order valence-corrected chi connectivity index (χ2v) is 9.39. The van der Waals surface area contributed by atoms with E-state index in [4.69, 9.17) is 4.99 Å². The van der Waals surface area contributed by atoms with Crippen LogP contribution in [-0.2, 0) is 9.84 Å². The molecule has 1 saturated heterocycles. The van der Waals surface area contributed by atoms with Crippen molar-refractivity contribution in [2.24, 2.45) is 10.4 Å². The molecule has 1 saturated carbocycles. The standard InChI is InChI=1S/C18H27N3O2S/c1-24(22,23)15-18(10-11-18)14-19-17(21-12-6-3-7-13-21)20-16-8-4-2-5-9-16/h2,4-5,8-9H,3,6-7,10-15H2,1H3,(H,19,20). The lowest BCUT2D eigenvalue weighted by Gasteiger charge is -2.30. The van der Waals surface area contributed by atoms with Gasteiger partial charge in [-0.15, -0.1) is 0 Å². The molecule has 6 heteroatoms. The molecular formula is C18H27N3O2S. The molecule has 2 aliphatic rings. The Morgan fingerprint density at radius 2 is 1.83 bits per heavy atom. The molecule has 2 fully saturated rings. The number of benzene rings is 1. The lowest BCUT2D eigenvalue weighted by Crippen LogP contribution is -2.40. The molecule has 1 aromatic carbocycles. The highest BCUT2D eigenvalue weighted by Gasteiger charge is 2.45. The minimum absolute atomic E-state index is 0.132. The molecule has 5 nitrogen and oxygen atoms in total. The summed E-state index contributed by atoms with van der Waals surface area (Å²) in [6.07, 6.45) is 6.88. The number of rotatable bonds is 5. The van der Waals surface area contributed by atoms with Crippen LogP contribution < -0.4 is 5.32 Å². The minimum Gasteiger partial charge on any atom is -0.343 e.